The van der Waals surface area contributed by atoms with Gasteiger partial charge in [-0.15, -0.1) is 0 Å². The highest BCUT2D eigenvalue weighted by Gasteiger charge is 2.53. The van der Waals surface area contributed by atoms with Gasteiger partial charge < -0.3 is 89.9 Å². The third kappa shape index (κ3) is 26.4. The molecule has 3 aliphatic rings. The quantitative estimate of drug-likeness (QED) is 0.0277. The Morgan fingerprint density at radius 3 is 1.26 bits per heavy atom. The van der Waals surface area contributed by atoms with Gasteiger partial charge in [0.15, 0.2) is 18.9 Å². The Morgan fingerprint density at radius 2 is 0.818 bits per heavy atom. The van der Waals surface area contributed by atoms with Gasteiger partial charge in [0.2, 0.25) is 5.91 Å². The van der Waals surface area contributed by atoms with Gasteiger partial charge in [0.25, 0.3) is 0 Å². The topological polar surface area (TPSA) is 307 Å². The number of hydrogen-bond donors (Lipinski definition) is 12. The molecule has 17 atom stereocenters. The summed E-state index contributed by atoms with van der Waals surface area (Å²) in [5, 5.41) is 120. The second-order valence-electron chi connectivity index (χ2n) is 21.8. The van der Waals surface area contributed by atoms with Crippen molar-refractivity contribution >= 4 is 5.91 Å². The van der Waals surface area contributed by atoms with Crippen molar-refractivity contribution in [2.45, 2.75) is 311 Å². The van der Waals surface area contributed by atoms with Crippen LogP contribution in [0.5, 0.6) is 0 Å². The van der Waals surface area contributed by atoms with Crippen LogP contribution >= 0.6 is 0 Å². The van der Waals surface area contributed by atoms with Gasteiger partial charge in [0.05, 0.1) is 38.6 Å². The third-order valence-corrected chi connectivity index (χ3v) is 15.2. The molecule has 0 aromatic carbocycles. The molecule has 19 heteroatoms. The van der Waals surface area contributed by atoms with E-state index in [4.69, 9.17) is 28.4 Å². The van der Waals surface area contributed by atoms with Gasteiger partial charge in [-0.05, 0) is 44.9 Å². The minimum Gasteiger partial charge on any atom is -0.394 e. The zero-order valence-electron chi connectivity index (χ0n) is 46.9. The van der Waals surface area contributed by atoms with E-state index in [0.717, 1.165) is 57.8 Å². The second kappa shape index (κ2) is 42.1. The zero-order chi connectivity index (χ0) is 56.2. The van der Waals surface area contributed by atoms with Crippen LogP contribution in [0.15, 0.2) is 24.3 Å². The van der Waals surface area contributed by atoms with Crippen LogP contribution in [0.1, 0.15) is 206 Å². The van der Waals surface area contributed by atoms with E-state index in [-0.39, 0.29) is 18.9 Å². The lowest BCUT2D eigenvalue weighted by Gasteiger charge is -2.48. The molecule has 3 aliphatic heterocycles. The molecule has 0 saturated carbocycles. The smallest absolute Gasteiger partial charge is 0.220 e. The van der Waals surface area contributed by atoms with E-state index in [9.17, 15) is 61.0 Å². The van der Waals surface area contributed by atoms with Gasteiger partial charge in [0.1, 0.15) is 73.2 Å². The maximum Gasteiger partial charge on any atom is 0.220 e. The fourth-order valence-electron chi connectivity index (χ4n) is 10.2. The molecule has 0 aromatic heterocycles. The molecule has 77 heavy (non-hydrogen) atoms. The molecular weight excluding hydrogens is 999 g/mol. The predicted molar refractivity (Wildman–Crippen MR) is 291 cm³/mol. The number of unbranched alkanes of at least 4 members (excludes halogenated alkanes) is 26. The summed E-state index contributed by atoms with van der Waals surface area (Å²) in [6, 6.07) is -0.967. The molecule has 0 spiro atoms. The largest absolute Gasteiger partial charge is 0.394 e. The molecule has 3 fully saturated rings. The van der Waals surface area contributed by atoms with Crippen molar-refractivity contribution in [3.8, 4) is 0 Å². The Kier molecular flexibility index (Phi) is 38.1. The highest BCUT2D eigenvalue weighted by molar-refractivity contribution is 5.76. The lowest BCUT2D eigenvalue weighted by Crippen LogP contribution is -2.66. The number of carbonyl (C=O) groups excluding carboxylic acids is 1. The Labute approximate surface area is 460 Å². The van der Waals surface area contributed by atoms with Gasteiger partial charge in [0, 0.05) is 6.42 Å². The van der Waals surface area contributed by atoms with Crippen LogP contribution in [0.4, 0.5) is 0 Å². The average molecular weight is 1110 g/mol. The molecule has 17 unspecified atom stereocenters. The maximum atomic E-state index is 13.2. The van der Waals surface area contributed by atoms with Gasteiger partial charge in [-0.3, -0.25) is 4.79 Å². The van der Waals surface area contributed by atoms with Crippen molar-refractivity contribution in [3.63, 3.8) is 0 Å². The minimum absolute atomic E-state index is 0.244. The molecule has 3 saturated heterocycles. The summed E-state index contributed by atoms with van der Waals surface area (Å²) in [6.07, 6.45) is 16.5. The number of ether oxygens (including phenoxy) is 6. The van der Waals surface area contributed by atoms with Crippen LogP contribution in [0.3, 0.4) is 0 Å². The summed E-state index contributed by atoms with van der Waals surface area (Å²) in [4.78, 5) is 13.2. The number of aliphatic hydroxyl groups excluding tert-OH is 11. The summed E-state index contributed by atoms with van der Waals surface area (Å²) >= 11 is 0. The maximum absolute atomic E-state index is 13.2. The number of carbonyl (C=O) groups is 1. The summed E-state index contributed by atoms with van der Waals surface area (Å²) in [6.45, 7) is 1.65. The molecule has 1 amide bonds. The van der Waals surface area contributed by atoms with Crippen molar-refractivity contribution in [2.24, 2.45) is 0 Å². The fraction of sp³-hybridized carbons (Fsp3) is 0.914. The summed E-state index contributed by atoms with van der Waals surface area (Å²) in [5.41, 5.74) is 0. The first kappa shape index (κ1) is 69.5. The van der Waals surface area contributed by atoms with E-state index in [0.29, 0.717) is 6.42 Å². The van der Waals surface area contributed by atoms with E-state index < -0.39 is 124 Å². The van der Waals surface area contributed by atoms with Crippen molar-refractivity contribution < 1.29 is 89.4 Å². The Hall–Kier alpha value is -1.73. The monoisotopic (exact) mass is 1110 g/mol. The van der Waals surface area contributed by atoms with Gasteiger partial charge in [-0.25, -0.2) is 0 Å². The van der Waals surface area contributed by atoms with Crippen LogP contribution in [-0.2, 0) is 33.2 Å². The number of aliphatic hydroxyl groups is 11. The van der Waals surface area contributed by atoms with E-state index >= 15 is 0 Å². The fourth-order valence-corrected chi connectivity index (χ4v) is 10.2. The minimum atomic E-state index is -1.97. The standard InChI is InChI=1S/C58H107NO18/c1-3-5-7-9-11-12-13-14-15-16-17-18-19-20-21-22-23-24-25-26-27-28-30-32-34-36-46(64)59-41(42(63)35-33-31-29-10-8-6-4-2)40-72-56-52(70)49(67)54(44(38-61)74-56)77-58-53(71)50(68)55(45(39-62)75-58)76-57-51(69)48(66)47(65)43(37-60)73-57/h16-17,33,35,41-45,47-58,60-63,65-71H,3-15,18-32,34,36-40H2,1-2H3,(H,59,64)/b17-16-,35-33+. The molecular formula is C58H107NO18. The van der Waals surface area contributed by atoms with Crippen LogP contribution in [0.25, 0.3) is 0 Å². The van der Waals surface area contributed by atoms with Gasteiger partial charge in [-0.1, -0.05) is 179 Å². The molecule has 12 N–H and O–H groups in total. The Balaban J connectivity index is 1.39. The van der Waals surface area contributed by atoms with Crippen molar-refractivity contribution in [2.75, 3.05) is 26.4 Å². The summed E-state index contributed by atoms with van der Waals surface area (Å²) in [5.74, 6) is -0.279. The van der Waals surface area contributed by atoms with Crippen LogP contribution in [0.2, 0.25) is 0 Å². The Morgan fingerprint density at radius 1 is 0.455 bits per heavy atom. The van der Waals surface area contributed by atoms with E-state index in [1.165, 1.54) is 122 Å². The van der Waals surface area contributed by atoms with Crippen LogP contribution < -0.4 is 5.32 Å². The molecule has 0 aliphatic carbocycles. The number of amides is 1. The molecule has 452 valence electrons. The van der Waals surface area contributed by atoms with Gasteiger partial charge >= 0.3 is 0 Å². The number of nitrogens with one attached hydrogen (secondary N) is 1. The van der Waals surface area contributed by atoms with Crippen molar-refractivity contribution in [1.82, 2.24) is 5.32 Å². The first-order valence-corrected chi connectivity index (χ1v) is 30.1. The molecule has 0 aromatic rings. The van der Waals surface area contributed by atoms with Crippen LogP contribution in [0, 0.1) is 0 Å². The molecule has 3 rings (SSSR count). The average Bonchev–Trinajstić information content (AvgIpc) is 3.43. The number of rotatable bonds is 44. The molecule has 0 radical (unpaired) electrons. The highest BCUT2D eigenvalue weighted by atomic mass is 16.8. The molecule has 0 bridgehead atoms. The number of hydrogen-bond acceptors (Lipinski definition) is 18. The Bertz CT molecular complexity index is 1510. The van der Waals surface area contributed by atoms with Gasteiger partial charge in [-0.2, -0.15) is 0 Å². The first-order valence-electron chi connectivity index (χ1n) is 30.1. The summed E-state index contributed by atoms with van der Waals surface area (Å²) in [7, 11) is 0. The van der Waals surface area contributed by atoms with Crippen molar-refractivity contribution in [3.05, 3.63) is 24.3 Å². The third-order valence-electron chi connectivity index (χ3n) is 15.2. The van der Waals surface area contributed by atoms with Crippen molar-refractivity contribution in [1.29, 1.82) is 0 Å². The predicted octanol–water partition coefficient (Wildman–Crippen LogP) is 5.15. The molecule has 19 nitrogen and oxygen atoms in total. The first-order chi connectivity index (χ1) is 37.3. The number of allylic oxidation sites excluding steroid dienone is 3. The van der Waals surface area contributed by atoms with Crippen LogP contribution in [-0.4, -0.2) is 193 Å². The SMILES string of the molecule is CCCCCCC/C=C/C(O)C(COC1OC(CO)C(OC2OC(CO)C(OC3OC(CO)C(O)C(O)C3O)C(O)C2O)C(O)C1O)NC(=O)CCCCCCCCCCCCCCC/C=C\CCCCCCCCCC. The lowest BCUT2D eigenvalue weighted by molar-refractivity contribution is -0.379. The second-order valence-corrected chi connectivity index (χ2v) is 21.8. The highest BCUT2D eigenvalue weighted by Crippen LogP contribution is 2.33. The van der Waals surface area contributed by atoms with E-state index in [1.54, 1.807) is 6.08 Å². The normalized spacial score (nSPS) is 30.8. The summed E-state index contributed by atoms with van der Waals surface area (Å²) < 4.78 is 34.1. The zero-order valence-corrected chi connectivity index (χ0v) is 46.9. The van der Waals surface area contributed by atoms with E-state index in [2.05, 4.69) is 31.3 Å². The van der Waals surface area contributed by atoms with E-state index in [1.807, 2.05) is 6.08 Å². The molecule has 3 heterocycles. The lowest BCUT2D eigenvalue weighted by atomic mass is 9.96.